The molecule has 5 heteroatoms. The fourth-order valence-corrected chi connectivity index (χ4v) is 0.850. The van der Waals surface area contributed by atoms with Crippen LogP contribution in [-0.4, -0.2) is 23.6 Å². The van der Waals surface area contributed by atoms with Gasteiger partial charge in [0.25, 0.3) is 0 Å². The molecule has 0 spiro atoms. The molecular weight excluding hydrogens is 156 g/mol. The van der Waals surface area contributed by atoms with E-state index in [0.29, 0.717) is 17.4 Å². The van der Waals surface area contributed by atoms with Crippen molar-refractivity contribution >= 4 is 11.5 Å². The Bertz CT molecular complexity index is 264. The van der Waals surface area contributed by atoms with Gasteiger partial charge in [0.1, 0.15) is 12.0 Å². The molecule has 0 amide bonds. The summed E-state index contributed by atoms with van der Waals surface area (Å²) in [7, 11) is 1.52. The zero-order valence-corrected chi connectivity index (χ0v) is 7.16. The van der Waals surface area contributed by atoms with E-state index in [1.807, 2.05) is 6.92 Å². The van der Waals surface area contributed by atoms with Crippen molar-refractivity contribution in [2.75, 3.05) is 24.7 Å². The first-order valence-electron chi connectivity index (χ1n) is 3.68. The molecule has 0 bridgehead atoms. The lowest BCUT2D eigenvalue weighted by molar-refractivity contribution is 0.399. The highest BCUT2D eigenvalue weighted by atomic mass is 16.5. The van der Waals surface area contributed by atoms with Crippen LogP contribution >= 0.6 is 0 Å². The van der Waals surface area contributed by atoms with Gasteiger partial charge in [0.05, 0.1) is 7.11 Å². The summed E-state index contributed by atoms with van der Waals surface area (Å²) >= 11 is 0. The highest BCUT2D eigenvalue weighted by Crippen LogP contribution is 2.23. The summed E-state index contributed by atoms with van der Waals surface area (Å²) in [5.74, 6) is 1.02. The van der Waals surface area contributed by atoms with Crippen molar-refractivity contribution in [2.45, 2.75) is 6.92 Å². The molecule has 12 heavy (non-hydrogen) atoms. The molecule has 0 atom stereocenters. The SMILES string of the molecule is CCNc1ncnc(OC)c1N. The maximum absolute atomic E-state index is 5.67. The smallest absolute Gasteiger partial charge is 0.242 e. The highest BCUT2D eigenvalue weighted by Gasteiger charge is 2.05. The first kappa shape index (κ1) is 8.58. The second kappa shape index (κ2) is 3.75. The number of ether oxygens (including phenoxy) is 1. The second-order valence-electron chi connectivity index (χ2n) is 2.18. The van der Waals surface area contributed by atoms with E-state index >= 15 is 0 Å². The minimum Gasteiger partial charge on any atom is -0.479 e. The number of hydrogen-bond donors (Lipinski definition) is 2. The van der Waals surface area contributed by atoms with Crippen LogP contribution in [0.15, 0.2) is 6.33 Å². The summed E-state index contributed by atoms with van der Waals surface area (Å²) in [6, 6.07) is 0. The zero-order valence-electron chi connectivity index (χ0n) is 7.16. The van der Waals surface area contributed by atoms with Crippen LogP contribution in [0.1, 0.15) is 6.92 Å². The predicted molar refractivity (Wildman–Crippen MR) is 47.2 cm³/mol. The van der Waals surface area contributed by atoms with Gasteiger partial charge in [-0.05, 0) is 6.92 Å². The lowest BCUT2D eigenvalue weighted by Gasteiger charge is -2.07. The van der Waals surface area contributed by atoms with Crippen molar-refractivity contribution in [3.05, 3.63) is 6.33 Å². The van der Waals surface area contributed by atoms with Crippen molar-refractivity contribution in [3.8, 4) is 5.88 Å². The molecule has 1 rings (SSSR count). The minimum absolute atomic E-state index is 0.404. The van der Waals surface area contributed by atoms with Gasteiger partial charge < -0.3 is 15.8 Å². The van der Waals surface area contributed by atoms with E-state index in [1.165, 1.54) is 13.4 Å². The van der Waals surface area contributed by atoms with Gasteiger partial charge in [-0.2, -0.15) is 4.98 Å². The molecule has 0 fully saturated rings. The van der Waals surface area contributed by atoms with Crippen LogP contribution < -0.4 is 15.8 Å². The van der Waals surface area contributed by atoms with Crippen LogP contribution in [-0.2, 0) is 0 Å². The molecule has 0 aromatic carbocycles. The molecule has 66 valence electrons. The topological polar surface area (TPSA) is 73.1 Å². The molecule has 0 aliphatic heterocycles. The van der Waals surface area contributed by atoms with Crippen LogP contribution in [0.5, 0.6) is 5.88 Å². The van der Waals surface area contributed by atoms with Crippen LogP contribution in [0.4, 0.5) is 11.5 Å². The summed E-state index contributed by atoms with van der Waals surface area (Å²) in [6.07, 6.45) is 1.41. The molecule has 5 nitrogen and oxygen atoms in total. The predicted octanol–water partition coefficient (Wildman–Crippen LogP) is 0.499. The molecule has 1 heterocycles. The van der Waals surface area contributed by atoms with Crippen LogP contribution in [0.2, 0.25) is 0 Å². The molecule has 0 aliphatic rings. The van der Waals surface area contributed by atoms with Crippen molar-refractivity contribution < 1.29 is 4.74 Å². The van der Waals surface area contributed by atoms with E-state index in [-0.39, 0.29) is 0 Å². The van der Waals surface area contributed by atoms with Crippen LogP contribution in [0.3, 0.4) is 0 Å². The summed E-state index contributed by atoms with van der Waals surface area (Å²) in [6.45, 7) is 2.73. The number of nitrogens with one attached hydrogen (secondary N) is 1. The lowest BCUT2D eigenvalue weighted by atomic mass is 10.4. The number of hydrogen-bond acceptors (Lipinski definition) is 5. The number of methoxy groups -OCH3 is 1. The molecule has 1 aromatic rings. The van der Waals surface area contributed by atoms with Crippen molar-refractivity contribution in [2.24, 2.45) is 0 Å². The van der Waals surface area contributed by atoms with Gasteiger partial charge in [-0.1, -0.05) is 0 Å². The van der Waals surface area contributed by atoms with Gasteiger partial charge in [0.15, 0.2) is 5.82 Å². The van der Waals surface area contributed by atoms with Crippen molar-refractivity contribution in [1.82, 2.24) is 9.97 Å². The second-order valence-corrected chi connectivity index (χ2v) is 2.18. The lowest BCUT2D eigenvalue weighted by Crippen LogP contribution is -2.05. The number of nitrogens with two attached hydrogens (primary N) is 1. The minimum atomic E-state index is 0.404. The molecule has 0 saturated heterocycles. The van der Waals surface area contributed by atoms with E-state index < -0.39 is 0 Å². The first-order valence-corrected chi connectivity index (χ1v) is 3.68. The Balaban J connectivity index is 2.97. The van der Waals surface area contributed by atoms with Crippen molar-refractivity contribution in [3.63, 3.8) is 0 Å². The fourth-order valence-electron chi connectivity index (χ4n) is 0.850. The average Bonchev–Trinajstić information content (AvgIpc) is 2.09. The van der Waals surface area contributed by atoms with Gasteiger partial charge in [0, 0.05) is 6.54 Å². The number of nitrogen functional groups attached to an aromatic ring is 1. The number of nitrogens with zero attached hydrogens (tertiary/aromatic N) is 2. The Labute approximate surface area is 71.0 Å². The van der Waals surface area contributed by atoms with Crippen LogP contribution in [0.25, 0.3) is 0 Å². The molecule has 0 radical (unpaired) electrons. The van der Waals surface area contributed by atoms with Crippen molar-refractivity contribution in [1.29, 1.82) is 0 Å². The molecule has 0 saturated carbocycles. The average molecular weight is 168 g/mol. The Morgan fingerprint density at radius 1 is 1.58 bits per heavy atom. The summed E-state index contributed by atoms with van der Waals surface area (Å²) < 4.78 is 4.92. The van der Waals surface area contributed by atoms with E-state index in [0.717, 1.165) is 6.54 Å². The molecule has 1 aromatic heterocycles. The van der Waals surface area contributed by atoms with Crippen LogP contribution in [0, 0.1) is 0 Å². The normalized spacial score (nSPS) is 9.50. The van der Waals surface area contributed by atoms with Gasteiger partial charge in [-0.3, -0.25) is 0 Å². The maximum atomic E-state index is 5.67. The third-order valence-corrected chi connectivity index (χ3v) is 1.38. The van der Waals surface area contributed by atoms with E-state index in [1.54, 1.807) is 0 Å². The molecule has 0 aliphatic carbocycles. The van der Waals surface area contributed by atoms with Gasteiger partial charge >= 0.3 is 0 Å². The zero-order chi connectivity index (χ0) is 8.97. The standard InChI is InChI=1S/C7H12N4O/c1-3-9-6-5(8)7(12-2)11-4-10-6/h4H,3,8H2,1-2H3,(H,9,10,11). The van der Waals surface area contributed by atoms with Gasteiger partial charge in [0.2, 0.25) is 5.88 Å². The molecule has 3 N–H and O–H groups in total. The number of anilines is 2. The molecule has 0 unspecified atom stereocenters. The van der Waals surface area contributed by atoms with E-state index in [4.69, 9.17) is 10.5 Å². The monoisotopic (exact) mass is 168 g/mol. The Morgan fingerprint density at radius 3 is 2.92 bits per heavy atom. The number of rotatable bonds is 3. The Hall–Kier alpha value is -1.52. The quantitative estimate of drug-likeness (QED) is 0.687. The van der Waals surface area contributed by atoms with E-state index in [2.05, 4.69) is 15.3 Å². The summed E-state index contributed by atoms with van der Waals surface area (Å²) in [5.41, 5.74) is 6.11. The van der Waals surface area contributed by atoms with Gasteiger partial charge in [-0.15, -0.1) is 0 Å². The van der Waals surface area contributed by atoms with Gasteiger partial charge in [-0.25, -0.2) is 4.98 Å². The first-order chi connectivity index (χ1) is 5.79. The Morgan fingerprint density at radius 2 is 2.33 bits per heavy atom. The third kappa shape index (κ3) is 1.55. The molecular formula is C7H12N4O. The summed E-state index contributed by atoms with van der Waals surface area (Å²) in [5, 5.41) is 2.99. The van der Waals surface area contributed by atoms with E-state index in [9.17, 15) is 0 Å². The largest absolute Gasteiger partial charge is 0.479 e. The highest BCUT2D eigenvalue weighted by molar-refractivity contribution is 5.66. The Kier molecular flexibility index (Phi) is 2.68. The maximum Gasteiger partial charge on any atom is 0.242 e. The summed E-state index contributed by atoms with van der Waals surface area (Å²) in [4.78, 5) is 7.79. The number of aromatic nitrogens is 2. The fraction of sp³-hybridized carbons (Fsp3) is 0.429. The third-order valence-electron chi connectivity index (χ3n) is 1.38.